The van der Waals surface area contributed by atoms with Gasteiger partial charge in [0.2, 0.25) is 5.39 Å². The molecule has 5 nitrogen and oxygen atoms in total. The molecule has 0 aliphatic heterocycles. The normalized spacial score (nSPS) is 10.1. The Kier molecular flexibility index (Phi) is 4.73. The number of hydrogen-bond donors (Lipinski definition) is 1. The highest BCUT2D eigenvalue weighted by atomic mass is 127. The molecule has 0 aliphatic carbocycles. The number of halogens is 2. The molecule has 1 aromatic rings. The molecule has 1 rings (SSSR count). The van der Waals surface area contributed by atoms with Gasteiger partial charge in [-0.25, -0.2) is 0 Å². The molecular formula is C6H4ClIN2O3S. The van der Waals surface area contributed by atoms with Gasteiger partial charge >= 0.3 is 15.8 Å². The lowest BCUT2D eigenvalue weighted by Crippen LogP contribution is -3.00. The molecular weight excluding hydrogens is 343 g/mol. The number of rotatable bonds is 1. The van der Waals surface area contributed by atoms with Gasteiger partial charge in [0.05, 0.1) is 0 Å². The summed E-state index contributed by atoms with van der Waals surface area (Å²) in [7, 11) is -4.33. The Labute approximate surface area is 100 Å². The predicted molar refractivity (Wildman–Crippen MR) is 53.7 cm³/mol. The van der Waals surface area contributed by atoms with Crippen LogP contribution in [0, 0.1) is 8.96 Å². The van der Waals surface area contributed by atoms with Gasteiger partial charge in [-0.1, -0.05) is 0 Å². The zero-order valence-corrected chi connectivity index (χ0v) is 10.3. The van der Waals surface area contributed by atoms with E-state index in [2.05, 4.69) is 4.98 Å². The van der Waals surface area contributed by atoms with Gasteiger partial charge in [0, 0.05) is 9.64 Å². The SMILES string of the molecule is N#[N+]c1ccc(I)cc1S(=O)(=O)O.[Cl-]. The molecule has 0 heterocycles. The number of hydrogen-bond acceptors (Lipinski definition) is 3. The van der Waals surface area contributed by atoms with Crippen molar-refractivity contribution in [2.45, 2.75) is 4.90 Å². The van der Waals surface area contributed by atoms with Gasteiger partial charge in [0.15, 0.2) is 9.87 Å². The third-order valence-electron chi connectivity index (χ3n) is 1.31. The van der Waals surface area contributed by atoms with Crippen molar-refractivity contribution in [1.29, 1.82) is 5.39 Å². The van der Waals surface area contributed by atoms with Crippen LogP contribution < -0.4 is 12.4 Å². The Morgan fingerprint density at radius 2 is 2.00 bits per heavy atom. The maximum atomic E-state index is 10.7. The summed E-state index contributed by atoms with van der Waals surface area (Å²) in [5.41, 5.74) is -0.178. The van der Waals surface area contributed by atoms with Crippen LogP contribution in [-0.4, -0.2) is 13.0 Å². The molecule has 0 spiro atoms. The van der Waals surface area contributed by atoms with Crippen molar-refractivity contribution in [3.63, 3.8) is 0 Å². The summed E-state index contributed by atoms with van der Waals surface area (Å²) in [5.74, 6) is 0. The first-order valence-electron chi connectivity index (χ1n) is 3.07. The highest BCUT2D eigenvalue weighted by molar-refractivity contribution is 14.1. The third kappa shape index (κ3) is 3.06. The molecule has 76 valence electrons. The van der Waals surface area contributed by atoms with Crippen LogP contribution in [0.15, 0.2) is 23.1 Å². The highest BCUT2D eigenvalue weighted by Crippen LogP contribution is 2.25. The molecule has 0 fully saturated rings. The van der Waals surface area contributed by atoms with E-state index in [-0.39, 0.29) is 18.1 Å². The fourth-order valence-corrected chi connectivity index (χ4v) is 2.13. The first-order chi connectivity index (χ1) is 5.95. The van der Waals surface area contributed by atoms with Crippen LogP contribution >= 0.6 is 22.6 Å². The second-order valence-electron chi connectivity index (χ2n) is 2.19. The van der Waals surface area contributed by atoms with Crippen LogP contribution in [0.5, 0.6) is 0 Å². The third-order valence-corrected chi connectivity index (χ3v) is 2.86. The summed E-state index contributed by atoms with van der Waals surface area (Å²) < 4.78 is 30.8. The Bertz CT molecular complexity index is 482. The standard InChI is InChI=1S/C6H3IN2O3S.ClH/c7-4-1-2-5(9-8)6(3-4)13(10,11)12;/h1-3H;1H. The van der Waals surface area contributed by atoms with E-state index in [0.717, 1.165) is 0 Å². The number of benzene rings is 1. The van der Waals surface area contributed by atoms with Crippen LogP contribution in [0.3, 0.4) is 0 Å². The van der Waals surface area contributed by atoms with E-state index in [1.807, 2.05) is 22.6 Å². The van der Waals surface area contributed by atoms with Gasteiger partial charge < -0.3 is 12.4 Å². The zero-order chi connectivity index (χ0) is 10.1. The van der Waals surface area contributed by atoms with E-state index < -0.39 is 15.0 Å². The Morgan fingerprint density at radius 3 is 2.43 bits per heavy atom. The summed E-state index contributed by atoms with van der Waals surface area (Å²) >= 11 is 1.88. The van der Waals surface area contributed by atoms with Gasteiger partial charge in [0.25, 0.3) is 0 Å². The highest BCUT2D eigenvalue weighted by Gasteiger charge is 2.24. The molecule has 14 heavy (non-hydrogen) atoms. The lowest BCUT2D eigenvalue weighted by molar-refractivity contribution is -0.00000691. The smallest absolute Gasteiger partial charge is 0.406 e. The molecule has 0 amide bonds. The molecule has 0 aliphatic rings. The van der Waals surface area contributed by atoms with E-state index in [0.29, 0.717) is 3.57 Å². The largest absolute Gasteiger partial charge is 1.00 e. The quantitative estimate of drug-likeness (QED) is 0.403. The van der Waals surface area contributed by atoms with E-state index in [1.54, 1.807) is 6.07 Å². The summed E-state index contributed by atoms with van der Waals surface area (Å²) in [4.78, 5) is 2.33. The Balaban J connectivity index is 0.00000169. The molecule has 1 aromatic carbocycles. The second kappa shape index (κ2) is 4.88. The summed E-state index contributed by atoms with van der Waals surface area (Å²) in [6.07, 6.45) is 0. The van der Waals surface area contributed by atoms with Crippen LogP contribution in [0.4, 0.5) is 5.69 Å². The van der Waals surface area contributed by atoms with E-state index in [1.165, 1.54) is 12.1 Å². The number of diazo groups is 1. The zero-order valence-electron chi connectivity index (χ0n) is 6.55. The molecule has 1 N–H and O–H groups in total. The Morgan fingerprint density at radius 1 is 1.43 bits per heavy atom. The van der Waals surface area contributed by atoms with Gasteiger partial charge in [0.1, 0.15) is 0 Å². The molecule has 0 saturated heterocycles. The fraction of sp³-hybridized carbons (Fsp3) is 0. The molecule has 0 atom stereocenters. The van der Waals surface area contributed by atoms with Gasteiger partial charge in [-0.2, -0.15) is 8.42 Å². The monoisotopic (exact) mass is 346 g/mol. The molecule has 0 saturated carbocycles. The Hall–Kier alpha value is -0.430. The fourth-order valence-electron chi connectivity index (χ4n) is 0.777. The van der Waals surface area contributed by atoms with Gasteiger partial charge in [-0.15, -0.1) is 0 Å². The average Bonchev–Trinajstić information content (AvgIpc) is 2.03. The molecule has 0 aromatic heterocycles. The van der Waals surface area contributed by atoms with Crippen molar-refractivity contribution in [2.24, 2.45) is 0 Å². The molecule has 8 heteroatoms. The number of nitrogens with zero attached hydrogens (tertiary/aromatic N) is 2. The van der Waals surface area contributed by atoms with Crippen LogP contribution in [-0.2, 0) is 10.1 Å². The lowest BCUT2D eigenvalue weighted by Gasteiger charge is -1.93. The summed E-state index contributed by atoms with van der Waals surface area (Å²) in [5, 5.41) is 8.42. The average molecular weight is 347 g/mol. The van der Waals surface area contributed by atoms with Crippen LogP contribution in [0.1, 0.15) is 0 Å². The minimum Gasteiger partial charge on any atom is -1.00 e. The minimum atomic E-state index is -4.33. The first kappa shape index (κ1) is 13.6. The van der Waals surface area contributed by atoms with Crippen molar-refractivity contribution < 1.29 is 25.4 Å². The minimum absolute atomic E-state index is 0. The lowest BCUT2D eigenvalue weighted by atomic mass is 10.3. The maximum Gasteiger partial charge on any atom is 0.406 e. The predicted octanol–water partition coefficient (Wildman–Crippen LogP) is -0.974. The van der Waals surface area contributed by atoms with Gasteiger partial charge in [-0.05, 0) is 34.7 Å². The summed E-state index contributed by atoms with van der Waals surface area (Å²) in [6.45, 7) is 0. The van der Waals surface area contributed by atoms with E-state index >= 15 is 0 Å². The van der Waals surface area contributed by atoms with Crippen molar-refractivity contribution >= 4 is 38.4 Å². The molecule has 0 radical (unpaired) electrons. The maximum absolute atomic E-state index is 10.7. The summed E-state index contributed by atoms with van der Waals surface area (Å²) in [6, 6.07) is 4.07. The van der Waals surface area contributed by atoms with Gasteiger partial charge in [-0.3, -0.25) is 4.55 Å². The van der Waals surface area contributed by atoms with Crippen molar-refractivity contribution in [3.05, 3.63) is 26.7 Å². The van der Waals surface area contributed by atoms with Crippen molar-refractivity contribution in [2.75, 3.05) is 0 Å². The van der Waals surface area contributed by atoms with Crippen LogP contribution in [0.2, 0.25) is 0 Å². The molecule has 0 bridgehead atoms. The van der Waals surface area contributed by atoms with Crippen molar-refractivity contribution in [1.82, 2.24) is 0 Å². The first-order valence-corrected chi connectivity index (χ1v) is 5.59. The molecule has 0 unspecified atom stereocenters. The van der Waals surface area contributed by atoms with E-state index in [9.17, 15) is 8.42 Å². The van der Waals surface area contributed by atoms with E-state index in [4.69, 9.17) is 9.95 Å². The topological polar surface area (TPSA) is 82.5 Å². The second-order valence-corrected chi connectivity index (χ2v) is 4.82. The van der Waals surface area contributed by atoms with Crippen LogP contribution in [0.25, 0.3) is 4.98 Å². The van der Waals surface area contributed by atoms with Crippen molar-refractivity contribution in [3.8, 4) is 0 Å².